The molecule has 2 aromatic rings. The van der Waals surface area contributed by atoms with Gasteiger partial charge in [0.05, 0.1) is 10.6 Å². The van der Waals surface area contributed by atoms with Crippen LogP contribution in [-0.2, 0) is 14.8 Å². The Labute approximate surface area is 142 Å². The van der Waals surface area contributed by atoms with Crippen molar-refractivity contribution in [1.29, 1.82) is 0 Å². The molecule has 128 valence electrons. The molecule has 6 heteroatoms. The van der Waals surface area contributed by atoms with Gasteiger partial charge in [0.1, 0.15) is 0 Å². The predicted octanol–water partition coefficient (Wildman–Crippen LogP) is 3.04. The largest absolute Gasteiger partial charge is 0.352 e. The highest BCUT2D eigenvalue weighted by Crippen LogP contribution is 2.41. The lowest BCUT2D eigenvalue weighted by atomic mass is 10.1. The van der Waals surface area contributed by atoms with E-state index in [9.17, 15) is 13.2 Å². The van der Waals surface area contributed by atoms with Crippen LogP contribution in [0.2, 0.25) is 0 Å². The molecule has 0 atom stereocenters. The Morgan fingerprint density at radius 3 is 2.46 bits per heavy atom. The molecule has 0 unspecified atom stereocenters. The number of nitrogens with zero attached hydrogens (tertiary/aromatic N) is 1. The molecule has 0 spiro atoms. The first-order chi connectivity index (χ1) is 11.2. The molecule has 0 saturated carbocycles. The standard InChI is InChI=1S/C18H22N2O3S/c1-18(2,3)19-16(21)11-6-12-20-14-9-4-7-13-8-5-10-15(17(13)14)24(20,22)23/h4-5,7-10H,6,11-12H2,1-3H3,(H,19,21). The topological polar surface area (TPSA) is 66.5 Å². The van der Waals surface area contributed by atoms with Gasteiger partial charge >= 0.3 is 0 Å². The summed E-state index contributed by atoms with van der Waals surface area (Å²) in [6.45, 7) is 6.07. The SMILES string of the molecule is CC(C)(C)NC(=O)CCCN1c2cccc3cccc(c23)S1(=O)=O. The number of anilines is 1. The van der Waals surface area contributed by atoms with Gasteiger partial charge in [-0.15, -0.1) is 0 Å². The maximum atomic E-state index is 12.8. The molecule has 1 amide bonds. The number of benzene rings is 2. The van der Waals surface area contributed by atoms with Crippen LogP contribution in [0.4, 0.5) is 5.69 Å². The van der Waals surface area contributed by atoms with Crippen molar-refractivity contribution in [3.05, 3.63) is 36.4 Å². The zero-order valence-corrected chi connectivity index (χ0v) is 15.0. The van der Waals surface area contributed by atoms with Gasteiger partial charge in [0.2, 0.25) is 5.91 Å². The Bertz CT molecular complexity index is 893. The minimum Gasteiger partial charge on any atom is -0.352 e. The van der Waals surface area contributed by atoms with Crippen LogP contribution in [0, 0.1) is 0 Å². The quantitative estimate of drug-likeness (QED) is 0.925. The number of carbonyl (C=O) groups excluding carboxylic acids is 1. The normalized spacial score (nSPS) is 15.7. The molecule has 1 aliphatic rings. The summed E-state index contributed by atoms with van der Waals surface area (Å²) in [7, 11) is -3.53. The van der Waals surface area contributed by atoms with Crippen molar-refractivity contribution in [2.24, 2.45) is 0 Å². The average molecular weight is 346 g/mol. The van der Waals surface area contributed by atoms with Crippen LogP contribution in [0.15, 0.2) is 41.3 Å². The summed E-state index contributed by atoms with van der Waals surface area (Å²) in [4.78, 5) is 12.3. The van der Waals surface area contributed by atoms with Crippen LogP contribution in [0.3, 0.4) is 0 Å². The van der Waals surface area contributed by atoms with Crippen molar-refractivity contribution >= 4 is 32.4 Å². The molecular formula is C18H22N2O3S. The summed E-state index contributed by atoms with van der Waals surface area (Å²) < 4.78 is 27.0. The Morgan fingerprint density at radius 2 is 1.79 bits per heavy atom. The Balaban J connectivity index is 1.79. The predicted molar refractivity (Wildman–Crippen MR) is 95.6 cm³/mol. The van der Waals surface area contributed by atoms with Crippen molar-refractivity contribution in [3.8, 4) is 0 Å². The third-order valence-corrected chi connectivity index (χ3v) is 5.82. The first-order valence-electron chi connectivity index (χ1n) is 8.06. The van der Waals surface area contributed by atoms with Crippen LogP contribution in [0.5, 0.6) is 0 Å². The first kappa shape index (κ1) is 16.8. The number of amides is 1. The maximum Gasteiger partial charge on any atom is 0.265 e. The summed E-state index contributed by atoms with van der Waals surface area (Å²) in [6, 6.07) is 10.9. The van der Waals surface area contributed by atoms with Gasteiger partial charge in [0, 0.05) is 23.9 Å². The second-order valence-electron chi connectivity index (χ2n) is 7.11. The number of rotatable bonds is 4. The smallest absolute Gasteiger partial charge is 0.265 e. The number of hydrogen-bond acceptors (Lipinski definition) is 3. The maximum absolute atomic E-state index is 12.8. The molecule has 1 aliphatic heterocycles. The van der Waals surface area contributed by atoms with E-state index in [0.29, 0.717) is 30.0 Å². The van der Waals surface area contributed by atoms with Crippen molar-refractivity contribution in [2.75, 3.05) is 10.8 Å². The third-order valence-electron chi connectivity index (χ3n) is 3.96. The van der Waals surface area contributed by atoms with E-state index < -0.39 is 10.0 Å². The minimum atomic E-state index is -3.53. The van der Waals surface area contributed by atoms with E-state index in [1.165, 1.54) is 4.31 Å². The van der Waals surface area contributed by atoms with Crippen LogP contribution < -0.4 is 9.62 Å². The van der Waals surface area contributed by atoms with Gasteiger partial charge in [-0.1, -0.05) is 24.3 Å². The van der Waals surface area contributed by atoms with Crippen molar-refractivity contribution in [3.63, 3.8) is 0 Å². The molecule has 0 saturated heterocycles. The van der Waals surface area contributed by atoms with Gasteiger partial charge in [0.25, 0.3) is 10.0 Å². The molecule has 0 aromatic heterocycles. The molecule has 3 rings (SSSR count). The molecule has 2 aromatic carbocycles. The monoisotopic (exact) mass is 346 g/mol. The van der Waals surface area contributed by atoms with E-state index in [4.69, 9.17) is 0 Å². The van der Waals surface area contributed by atoms with Crippen molar-refractivity contribution in [2.45, 2.75) is 44.0 Å². The third kappa shape index (κ3) is 2.98. The Morgan fingerprint density at radius 1 is 1.12 bits per heavy atom. The molecule has 0 fully saturated rings. The van der Waals surface area contributed by atoms with E-state index in [2.05, 4.69) is 5.32 Å². The zero-order valence-electron chi connectivity index (χ0n) is 14.2. The number of carbonyl (C=O) groups is 1. The second-order valence-corrected chi connectivity index (χ2v) is 8.94. The summed E-state index contributed by atoms with van der Waals surface area (Å²) in [5.41, 5.74) is 0.429. The number of nitrogens with one attached hydrogen (secondary N) is 1. The first-order valence-corrected chi connectivity index (χ1v) is 9.50. The molecule has 24 heavy (non-hydrogen) atoms. The van der Waals surface area contributed by atoms with Crippen LogP contribution >= 0.6 is 0 Å². The minimum absolute atomic E-state index is 0.0604. The highest BCUT2D eigenvalue weighted by Gasteiger charge is 2.35. The summed E-state index contributed by atoms with van der Waals surface area (Å²) >= 11 is 0. The fraction of sp³-hybridized carbons (Fsp3) is 0.389. The van der Waals surface area contributed by atoms with Gasteiger partial charge in [-0.3, -0.25) is 9.10 Å². The van der Waals surface area contributed by atoms with E-state index in [1.54, 1.807) is 12.1 Å². The van der Waals surface area contributed by atoms with Gasteiger partial charge < -0.3 is 5.32 Å². The fourth-order valence-corrected chi connectivity index (χ4v) is 4.81. The van der Waals surface area contributed by atoms with Crippen molar-refractivity contribution < 1.29 is 13.2 Å². The molecule has 0 radical (unpaired) electrons. The van der Waals surface area contributed by atoms with Crippen molar-refractivity contribution in [1.82, 2.24) is 5.32 Å². The van der Waals surface area contributed by atoms with E-state index >= 15 is 0 Å². The molecule has 5 nitrogen and oxygen atoms in total. The van der Waals surface area contributed by atoms with E-state index in [0.717, 1.165) is 10.8 Å². The Hall–Kier alpha value is -2.08. The molecule has 1 heterocycles. The zero-order chi connectivity index (χ0) is 17.5. The van der Waals surface area contributed by atoms with Crippen LogP contribution in [-0.4, -0.2) is 26.4 Å². The van der Waals surface area contributed by atoms with Gasteiger partial charge in [-0.2, -0.15) is 0 Å². The molecule has 0 aliphatic carbocycles. The second kappa shape index (κ2) is 5.77. The molecular weight excluding hydrogens is 324 g/mol. The number of hydrogen-bond donors (Lipinski definition) is 1. The molecule has 0 bridgehead atoms. The van der Waals surface area contributed by atoms with Gasteiger partial charge in [-0.05, 0) is 44.7 Å². The van der Waals surface area contributed by atoms with E-state index in [-0.39, 0.29) is 11.4 Å². The average Bonchev–Trinajstić information content (AvgIpc) is 2.69. The van der Waals surface area contributed by atoms with Gasteiger partial charge in [0.15, 0.2) is 0 Å². The Kier molecular flexibility index (Phi) is 4.03. The van der Waals surface area contributed by atoms with Gasteiger partial charge in [-0.25, -0.2) is 8.42 Å². The number of sulfonamides is 1. The van der Waals surface area contributed by atoms with Crippen LogP contribution in [0.1, 0.15) is 33.6 Å². The lowest BCUT2D eigenvalue weighted by Gasteiger charge is -2.22. The van der Waals surface area contributed by atoms with Crippen LogP contribution in [0.25, 0.3) is 10.8 Å². The summed E-state index contributed by atoms with van der Waals surface area (Å²) in [5.74, 6) is -0.0604. The molecule has 1 N–H and O–H groups in total. The summed E-state index contributed by atoms with van der Waals surface area (Å²) in [5, 5.41) is 4.59. The highest BCUT2D eigenvalue weighted by molar-refractivity contribution is 7.93. The fourth-order valence-electron chi connectivity index (χ4n) is 3.06. The summed E-state index contributed by atoms with van der Waals surface area (Å²) in [6.07, 6.45) is 0.779. The lowest BCUT2D eigenvalue weighted by molar-refractivity contribution is -0.122. The van der Waals surface area contributed by atoms with E-state index in [1.807, 2.05) is 45.0 Å². The lowest BCUT2D eigenvalue weighted by Crippen LogP contribution is -2.40. The highest BCUT2D eigenvalue weighted by atomic mass is 32.2.